The summed E-state index contributed by atoms with van der Waals surface area (Å²) in [5.74, 6) is 0.709. The van der Waals surface area contributed by atoms with E-state index in [0.717, 1.165) is 13.2 Å². The van der Waals surface area contributed by atoms with Crippen molar-refractivity contribution in [3.8, 4) is 0 Å². The molecular weight excluding hydrogens is 324 g/mol. The zero-order chi connectivity index (χ0) is 18.3. The zero-order valence-electron chi connectivity index (χ0n) is 17.0. The van der Waals surface area contributed by atoms with Gasteiger partial charge in [-0.25, -0.2) is 0 Å². The van der Waals surface area contributed by atoms with Gasteiger partial charge >= 0.3 is 0 Å². The molecule has 25 heavy (non-hydrogen) atoms. The average molecular weight is 363 g/mol. The second kappa shape index (κ2) is 9.34. The molecule has 1 fully saturated rings. The van der Waals surface area contributed by atoms with Crippen LogP contribution in [0, 0.1) is 5.92 Å². The zero-order valence-corrected chi connectivity index (χ0v) is 18.0. The van der Waals surface area contributed by atoms with Crippen LogP contribution in [0.1, 0.15) is 64.9 Å². The van der Waals surface area contributed by atoms with Gasteiger partial charge in [0.05, 0.1) is 12.7 Å². The third kappa shape index (κ3) is 6.54. The maximum absolute atomic E-state index is 6.35. The number of rotatable bonds is 8. The van der Waals surface area contributed by atoms with Gasteiger partial charge in [-0.15, -0.1) is 0 Å². The van der Waals surface area contributed by atoms with Gasteiger partial charge in [0, 0.05) is 6.61 Å². The second-order valence-electron chi connectivity index (χ2n) is 9.13. The first kappa shape index (κ1) is 20.7. The highest BCUT2D eigenvalue weighted by Gasteiger charge is 2.37. The fourth-order valence-corrected chi connectivity index (χ4v) is 4.48. The van der Waals surface area contributed by atoms with E-state index in [4.69, 9.17) is 9.16 Å². The molecule has 2 nitrogen and oxygen atoms in total. The lowest BCUT2D eigenvalue weighted by Gasteiger charge is -2.36. The van der Waals surface area contributed by atoms with Crippen molar-refractivity contribution in [2.24, 2.45) is 5.92 Å². The Morgan fingerprint density at radius 1 is 1.04 bits per heavy atom. The summed E-state index contributed by atoms with van der Waals surface area (Å²) >= 11 is 0. The molecule has 0 saturated heterocycles. The topological polar surface area (TPSA) is 18.5 Å². The molecule has 0 amide bonds. The maximum atomic E-state index is 6.35. The first-order valence-corrected chi connectivity index (χ1v) is 13.0. The van der Waals surface area contributed by atoms with Crippen LogP contribution in [0.4, 0.5) is 0 Å². The summed E-state index contributed by atoms with van der Waals surface area (Å²) in [5, 5.41) is 0.305. The molecule has 0 radical (unpaired) electrons. The van der Waals surface area contributed by atoms with Crippen LogP contribution in [0.25, 0.3) is 0 Å². The number of ether oxygens (including phenoxy) is 1. The van der Waals surface area contributed by atoms with Crippen molar-refractivity contribution in [3.63, 3.8) is 0 Å². The van der Waals surface area contributed by atoms with Crippen LogP contribution in [-0.4, -0.2) is 21.0 Å². The van der Waals surface area contributed by atoms with Crippen LogP contribution in [-0.2, 0) is 15.8 Å². The molecular formula is C22H38O2Si. The van der Waals surface area contributed by atoms with Crippen LogP contribution < -0.4 is 0 Å². The molecule has 1 saturated carbocycles. The highest BCUT2D eigenvalue weighted by molar-refractivity contribution is 6.74. The number of hydrogen-bond donors (Lipinski definition) is 0. The summed E-state index contributed by atoms with van der Waals surface area (Å²) in [6.07, 6.45) is 8.06. The third-order valence-electron chi connectivity index (χ3n) is 6.13. The van der Waals surface area contributed by atoms with Crippen molar-refractivity contribution in [1.29, 1.82) is 0 Å². The van der Waals surface area contributed by atoms with E-state index in [-0.39, 0.29) is 0 Å². The van der Waals surface area contributed by atoms with Gasteiger partial charge < -0.3 is 9.16 Å². The van der Waals surface area contributed by atoms with Crippen molar-refractivity contribution < 1.29 is 9.16 Å². The SMILES string of the molecule is CC(C)(C)[Si](C)(C)OCCCC1CCCCC1OCc1ccccc1. The average Bonchev–Trinajstić information content (AvgIpc) is 2.57. The second-order valence-corrected chi connectivity index (χ2v) is 13.9. The van der Waals surface area contributed by atoms with E-state index < -0.39 is 8.32 Å². The molecule has 2 rings (SSSR count). The lowest BCUT2D eigenvalue weighted by molar-refractivity contribution is -0.0249. The summed E-state index contributed by atoms with van der Waals surface area (Å²) in [7, 11) is -1.60. The van der Waals surface area contributed by atoms with Crippen molar-refractivity contribution in [2.45, 2.75) is 90.1 Å². The first-order valence-electron chi connectivity index (χ1n) is 10.1. The molecule has 1 aromatic rings. The highest BCUT2D eigenvalue weighted by atomic mass is 28.4. The van der Waals surface area contributed by atoms with Gasteiger partial charge in [0.25, 0.3) is 0 Å². The van der Waals surface area contributed by atoms with Crippen LogP contribution in [0.3, 0.4) is 0 Å². The van der Waals surface area contributed by atoms with Gasteiger partial charge in [0.15, 0.2) is 8.32 Å². The van der Waals surface area contributed by atoms with Crippen molar-refractivity contribution in [2.75, 3.05) is 6.61 Å². The van der Waals surface area contributed by atoms with E-state index in [9.17, 15) is 0 Å². The number of benzene rings is 1. The molecule has 0 heterocycles. The van der Waals surface area contributed by atoms with Crippen molar-refractivity contribution in [1.82, 2.24) is 0 Å². The van der Waals surface area contributed by atoms with Crippen LogP contribution in [0.5, 0.6) is 0 Å². The lowest BCUT2D eigenvalue weighted by Crippen LogP contribution is -2.41. The van der Waals surface area contributed by atoms with Gasteiger partial charge in [-0.05, 0) is 55.3 Å². The summed E-state index contributed by atoms with van der Waals surface area (Å²) in [5.41, 5.74) is 1.29. The van der Waals surface area contributed by atoms with E-state index >= 15 is 0 Å². The normalized spacial score (nSPS) is 22.1. The van der Waals surface area contributed by atoms with Gasteiger partial charge in [-0.2, -0.15) is 0 Å². The van der Waals surface area contributed by atoms with E-state index in [1.165, 1.54) is 44.1 Å². The highest BCUT2D eigenvalue weighted by Crippen LogP contribution is 2.37. The van der Waals surface area contributed by atoms with E-state index in [1.807, 2.05) is 0 Å². The standard InChI is InChI=1S/C22H38O2Si/c1-22(2,3)25(4,5)24-17-11-15-20-14-9-10-16-21(20)23-18-19-12-7-6-8-13-19/h6-8,12-13,20-21H,9-11,14-18H2,1-5H3. The minimum Gasteiger partial charge on any atom is -0.417 e. The molecule has 1 aromatic carbocycles. The Morgan fingerprint density at radius 3 is 2.40 bits per heavy atom. The summed E-state index contributed by atoms with van der Waals surface area (Å²) in [6.45, 7) is 13.3. The summed E-state index contributed by atoms with van der Waals surface area (Å²) in [6, 6.07) is 10.6. The molecule has 0 aliphatic heterocycles. The van der Waals surface area contributed by atoms with Gasteiger partial charge in [0.1, 0.15) is 0 Å². The fourth-order valence-electron chi connectivity index (χ4n) is 3.39. The fraction of sp³-hybridized carbons (Fsp3) is 0.727. The minimum absolute atomic E-state index is 0.305. The molecule has 0 bridgehead atoms. The maximum Gasteiger partial charge on any atom is 0.191 e. The van der Waals surface area contributed by atoms with E-state index in [0.29, 0.717) is 17.1 Å². The van der Waals surface area contributed by atoms with Crippen LogP contribution >= 0.6 is 0 Å². The smallest absolute Gasteiger partial charge is 0.191 e. The molecule has 2 unspecified atom stereocenters. The molecule has 1 aliphatic rings. The molecule has 3 heteroatoms. The van der Waals surface area contributed by atoms with Crippen LogP contribution in [0.15, 0.2) is 30.3 Å². The Labute approximate surface area is 156 Å². The Kier molecular flexibility index (Phi) is 7.72. The van der Waals surface area contributed by atoms with Crippen LogP contribution in [0.2, 0.25) is 18.1 Å². The Hall–Kier alpha value is -0.643. The molecule has 1 aliphatic carbocycles. The molecule has 2 atom stereocenters. The monoisotopic (exact) mass is 362 g/mol. The predicted molar refractivity (Wildman–Crippen MR) is 109 cm³/mol. The lowest BCUT2D eigenvalue weighted by atomic mass is 9.83. The first-order chi connectivity index (χ1) is 11.8. The van der Waals surface area contributed by atoms with Gasteiger partial charge in [-0.1, -0.05) is 63.9 Å². The minimum atomic E-state index is -1.60. The Balaban J connectivity index is 1.75. The summed E-state index contributed by atoms with van der Waals surface area (Å²) in [4.78, 5) is 0. The quantitative estimate of drug-likeness (QED) is 0.385. The van der Waals surface area contributed by atoms with E-state index in [2.05, 4.69) is 64.2 Å². The third-order valence-corrected chi connectivity index (χ3v) is 10.7. The molecule has 0 aromatic heterocycles. The molecule has 142 valence electrons. The van der Waals surface area contributed by atoms with E-state index in [1.54, 1.807) is 0 Å². The predicted octanol–water partition coefficient (Wildman–Crippen LogP) is 6.56. The Morgan fingerprint density at radius 2 is 1.72 bits per heavy atom. The summed E-state index contributed by atoms with van der Waals surface area (Å²) < 4.78 is 12.6. The Bertz CT molecular complexity index is 492. The largest absolute Gasteiger partial charge is 0.417 e. The number of hydrogen-bond acceptors (Lipinski definition) is 2. The van der Waals surface area contributed by atoms with Crippen molar-refractivity contribution in [3.05, 3.63) is 35.9 Å². The van der Waals surface area contributed by atoms with Crippen molar-refractivity contribution >= 4 is 8.32 Å². The molecule has 0 N–H and O–H groups in total. The molecule has 0 spiro atoms. The van der Waals surface area contributed by atoms with Gasteiger partial charge in [-0.3, -0.25) is 0 Å². The van der Waals surface area contributed by atoms with Gasteiger partial charge in [0.2, 0.25) is 0 Å².